The summed E-state index contributed by atoms with van der Waals surface area (Å²) in [5.74, 6) is 0. The second-order valence-electron chi connectivity index (χ2n) is 5.56. The van der Waals surface area contributed by atoms with Crippen LogP contribution in [0, 0.1) is 0 Å². The van der Waals surface area contributed by atoms with Crippen LogP contribution in [0.25, 0.3) is 38.3 Å². The van der Waals surface area contributed by atoms with Crippen molar-refractivity contribution in [1.29, 1.82) is 0 Å². The molecular formula is C18H13N5. The highest BCUT2D eigenvalue weighted by Crippen LogP contribution is 2.33. The highest BCUT2D eigenvalue weighted by atomic mass is 15.1. The molecule has 2 N–H and O–H groups in total. The van der Waals surface area contributed by atoms with Crippen LogP contribution in [0.4, 0.5) is 0 Å². The van der Waals surface area contributed by atoms with Gasteiger partial charge in [-0.15, -0.1) is 0 Å². The quantitative estimate of drug-likeness (QED) is 0.566. The minimum Gasteiger partial charge on any atom is -0.387 e. The Morgan fingerprint density at radius 2 is 1.96 bits per heavy atom. The fraction of sp³-hybridized carbons (Fsp3) is 0.0556. The molecule has 23 heavy (non-hydrogen) atoms. The molecule has 1 aromatic carbocycles. The number of aromatic amines is 1. The molecule has 0 fully saturated rings. The number of para-hydroxylation sites is 1. The number of nitrogens with zero attached hydrogens (tertiary/aromatic N) is 3. The van der Waals surface area contributed by atoms with E-state index < -0.39 is 0 Å². The van der Waals surface area contributed by atoms with Gasteiger partial charge in [-0.2, -0.15) is 5.10 Å². The summed E-state index contributed by atoms with van der Waals surface area (Å²) in [5, 5.41) is 14.7. The molecule has 3 aromatic heterocycles. The van der Waals surface area contributed by atoms with Crippen molar-refractivity contribution in [2.45, 2.75) is 0 Å². The number of rotatable bonds is 1. The van der Waals surface area contributed by atoms with Crippen LogP contribution >= 0.6 is 0 Å². The second-order valence-corrected chi connectivity index (χ2v) is 5.56. The molecule has 5 rings (SSSR count). The smallest absolute Gasteiger partial charge is 0.154 e. The lowest BCUT2D eigenvalue weighted by Crippen LogP contribution is -2.08. The summed E-state index contributed by atoms with van der Waals surface area (Å²) < 4.78 is 0. The Hall–Kier alpha value is -3.21. The zero-order valence-electron chi connectivity index (χ0n) is 12.2. The highest BCUT2D eigenvalue weighted by molar-refractivity contribution is 6.18. The summed E-state index contributed by atoms with van der Waals surface area (Å²) >= 11 is 0. The molecule has 0 unspecified atom stereocenters. The van der Waals surface area contributed by atoms with Crippen molar-refractivity contribution in [2.75, 3.05) is 6.54 Å². The Morgan fingerprint density at radius 1 is 1.00 bits per heavy atom. The Labute approximate surface area is 131 Å². The zero-order chi connectivity index (χ0) is 15.2. The number of dihydropyridines is 1. The van der Waals surface area contributed by atoms with Crippen molar-refractivity contribution in [3.63, 3.8) is 0 Å². The minimum atomic E-state index is 0.792. The summed E-state index contributed by atoms with van der Waals surface area (Å²) in [5.41, 5.74) is 3.81. The fourth-order valence-corrected chi connectivity index (χ4v) is 3.18. The molecule has 0 aliphatic carbocycles. The lowest BCUT2D eigenvalue weighted by Gasteiger charge is -2.07. The number of fused-ring (bicyclic) bond motifs is 2. The summed E-state index contributed by atoms with van der Waals surface area (Å²) in [6, 6.07) is 8.17. The Balaban J connectivity index is 2.05. The first-order valence-electron chi connectivity index (χ1n) is 7.53. The molecule has 0 spiro atoms. The van der Waals surface area contributed by atoms with Crippen molar-refractivity contribution in [1.82, 2.24) is 25.5 Å². The summed E-state index contributed by atoms with van der Waals surface area (Å²) in [4.78, 5) is 9.45. The van der Waals surface area contributed by atoms with Gasteiger partial charge >= 0.3 is 0 Å². The predicted molar refractivity (Wildman–Crippen MR) is 91.8 cm³/mol. The highest BCUT2D eigenvalue weighted by Gasteiger charge is 2.15. The predicted octanol–water partition coefficient (Wildman–Crippen LogP) is 3.16. The molecule has 5 nitrogen and oxygen atoms in total. The van der Waals surface area contributed by atoms with Crippen LogP contribution in [0.1, 0.15) is 5.69 Å². The third-order valence-electron chi connectivity index (χ3n) is 4.24. The van der Waals surface area contributed by atoms with Gasteiger partial charge in [0.25, 0.3) is 0 Å². The topological polar surface area (TPSA) is 66.5 Å². The Morgan fingerprint density at radius 3 is 2.87 bits per heavy atom. The fourth-order valence-electron chi connectivity index (χ4n) is 3.18. The first kappa shape index (κ1) is 12.3. The third kappa shape index (κ3) is 1.76. The molecule has 110 valence electrons. The van der Waals surface area contributed by atoms with E-state index in [0.29, 0.717) is 0 Å². The molecule has 1 aliphatic rings. The van der Waals surface area contributed by atoms with Crippen LogP contribution in [0.3, 0.4) is 0 Å². The standard InChI is InChI=1S/C18H13N5/c1-2-4-15-12(3-1)13-10-21-23-18-16(13)14(9-20-18)17(22-15)11-5-7-19-8-6-11/h1-7,9-10,19H,8H2,(H,20,23). The number of nitrogens with one attached hydrogen (secondary N) is 2. The third-order valence-corrected chi connectivity index (χ3v) is 4.24. The number of allylic oxidation sites excluding steroid dienone is 2. The van der Waals surface area contributed by atoms with Crippen LogP contribution in [-0.4, -0.2) is 26.7 Å². The van der Waals surface area contributed by atoms with Crippen LogP contribution < -0.4 is 5.32 Å². The van der Waals surface area contributed by atoms with Crippen LogP contribution in [0.15, 0.2) is 55.0 Å². The van der Waals surface area contributed by atoms with Gasteiger partial charge in [0.1, 0.15) is 0 Å². The van der Waals surface area contributed by atoms with Crippen LogP contribution in [0.2, 0.25) is 0 Å². The molecule has 0 saturated carbocycles. The number of H-pyrrole nitrogens is 1. The number of hydrogen-bond donors (Lipinski definition) is 2. The lowest BCUT2D eigenvalue weighted by atomic mass is 10.1. The molecule has 0 amide bonds. The number of benzene rings is 1. The van der Waals surface area contributed by atoms with E-state index in [1.54, 1.807) is 0 Å². The first-order chi connectivity index (χ1) is 11.4. The van der Waals surface area contributed by atoms with Gasteiger partial charge in [-0.1, -0.05) is 24.3 Å². The van der Waals surface area contributed by atoms with Gasteiger partial charge in [0.15, 0.2) is 5.65 Å². The molecule has 5 heteroatoms. The van der Waals surface area contributed by atoms with Gasteiger partial charge in [0, 0.05) is 39.9 Å². The van der Waals surface area contributed by atoms with Gasteiger partial charge in [-0.05, 0) is 18.3 Å². The Kier molecular flexibility index (Phi) is 2.49. The van der Waals surface area contributed by atoms with Crippen molar-refractivity contribution in [2.24, 2.45) is 0 Å². The minimum absolute atomic E-state index is 0.792. The molecule has 1 aliphatic heterocycles. The van der Waals surface area contributed by atoms with Crippen molar-refractivity contribution in [3.8, 4) is 0 Å². The van der Waals surface area contributed by atoms with Gasteiger partial charge < -0.3 is 5.32 Å². The molecule has 0 bridgehead atoms. The molecular weight excluding hydrogens is 286 g/mol. The summed E-state index contributed by atoms with van der Waals surface area (Å²) in [7, 11) is 0. The number of hydrogen-bond acceptors (Lipinski definition) is 4. The Bertz CT molecular complexity index is 1120. The van der Waals surface area contributed by atoms with Gasteiger partial charge in [-0.3, -0.25) is 5.10 Å². The van der Waals surface area contributed by atoms with E-state index in [2.05, 4.69) is 38.7 Å². The van der Waals surface area contributed by atoms with E-state index in [9.17, 15) is 0 Å². The van der Waals surface area contributed by atoms with Crippen LogP contribution in [0.5, 0.6) is 0 Å². The average molecular weight is 299 g/mol. The molecule has 4 heterocycles. The SMILES string of the molecule is C1=CC(c2nc3ccccc3c3cn[nH]c4ncc2c43)=CCN1. The van der Waals surface area contributed by atoms with Crippen molar-refractivity contribution < 1.29 is 0 Å². The van der Waals surface area contributed by atoms with Gasteiger partial charge in [-0.25, -0.2) is 9.97 Å². The number of aromatic nitrogens is 4. The van der Waals surface area contributed by atoms with Gasteiger partial charge in [0.2, 0.25) is 0 Å². The zero-order valence-corrected chi connectivity index (χ0v) is 12.2. The molecule has 0 saturated heterocycles. The van der Waals surface area contributed by atoms with E-state index in [-0.39, 0.29) is 0 Å². The monoisotopic (exact) mass is 299 g/mol. The largest absolute Gasteiger partial charge is 0.387 e. The van der Waals surface area contributed by atoms with E-state index >= 15 is 0 Å². The van der Waals surface area contributed by atoms with E-state index in [1.807, 2.05) is 36.8 Å². The lowest BCUT2D eigenvalue weighted by molar-refractivity contribution is 0.975. The van der Waals surface area contributed by atoms with E-state index in [1.165, 1.54) is 0 Å². The summed E-state index contributed by atoms with van der Waals surface area (Å²) in [6.45, 7) is 0.805. The summed E-state index contributed by atoms with van der Waals surface area (Å²) in [6.07, 6.45) is 9.91. The van der Waals surface area contributed by atoms with Gasteiger partial charge in [0.05, 0.1) is 17.4 Å². The van der Waals surface area contributed by atoms with E-state index in [4.69, 9.17) is 4.98 Å². The van der Waals surface area contributed by atoms with Crippen molar-refractivity contribution in [3.05, 3.63) is 60.7 Å². The maximum absolute atomic E-state index is 4.96. The first-order valence-corrected chi connectivity index (χ1v) is 7.53. The van der Waals surface area contributed by atoms with E-state index in [0.717, 1.165) is 50.5 Å². The van der Waals surface area contributed by atoms with Crippen molar-refractivity contribution >= 4 is 38.3 Å². The molecule has 0 atom stereocenters. The maximum atomic E-state index is 4.96. The second kappa shape index (κ2) is 4.64. The van der Waals surface area contributed by atoms with Crippen LogP contribution in [-0.2, 0) is 0 Å². The normalized spacial score (nSPS) is 14.3. The average Bonchev–Trinajstić information content (AvgIpc) is 2.98. The maximum Gasteiger partial charge on any atom is 0.154 e. The molecule has 0 radical (unpaired) electrons. The molecule has 4 aromatic rings.